The van der Waals surface area contributed by atoms with E-state index in [0.29, 0.717) is 0 Å². The van der Waals surface area contributed by atoms with Crippen molar-refractivity contribution in [2.24, 2.45) is 0 Å². The summed E-state index contributed by atoms with van der Waals surface area (Å²) < 4.78 is 6.04. The monoisotopic (exact) mass is 373 g/mol. The van der Waals surface area contributed by atoms with Gasteiger partial charge in [0.2, 0.25) is 0 Å². The molecule has 0 atom stereocenters. The minimum absolute atomic E-state index is 0.759. The second kappa shape index (κ2) is 10.5. The second-order valence-electron chi connectivity index (χ2n) is 6.71. The maximum absolute atomic E-state index is 9.10. The third kappa shape index (κ3) is 6.57. The first-order chi connectivity index (χ1) is 13.0. The van der Waals surface area contributed by atoms with Crippen molar-refractivity contribution < 1.29 is 24.5 Å². The molecule has 0 bridgehead atoms. The molecule has 0 amide bonds. The van der Waals surface area contributed by atoms with Gasteiger partial charge in [0.1, 0.15) is 12.4 Å². The summed E-state index contributed by atoms with van der Waals surface area (Å²) in [7, 11) is 2.24. The number of aliphatic carboxylic acids is 2. The molecule has 1 aliphatic rings. The molecule has 1 fully saturated rings. The van der Waals surface area contributed by atoms with Crippen LogP contribution in [-0.4, -0.2) is 53.3 Å². The standard InChI is InChI=1S/C19H25NO.C2H2O4/c1-20(17-10-3-2-4-11-17)14-15-21-19-13-7-9-16-8-5-6-12-18(16)19;3-1(4)2(5)6/h5-9,12-13,17H,2-4,10-11,14-15H2,1H3;(H,3,4)(H,5,6). The molecular weight excluding hydrogens is 346 g/mol. The van der Waals surface area contributed by atoms with Crippen LogP contribution in [0.3, 0.4) is 0 Å². The van der Waals surface area contributed by atoms with Gasteiger partial charge < -0.3 is 19.8 Å². The molecule has 0 aliphatic heterocycles. The van der Waals surface area contributed by atoms with E-state index in [1.54, 1.807) is 0 Å². The van der Waals surface area contributed by atoms with Crippen molar-refractivity contribution in [3.8, 4) is 5.75 Å². The molecular formula is C21H27NO5. The zero-order valence-corrected chi connectivity index (χ0v) is 15.6. The van der Waals surface area contributed by atoms with Crippen LogP contribution in [0.5, 0.6) is 5.75 Å². The van der Waals surface area contributed by atoms with Gasteiger partial charge >= 0.3 is 11.9 Å². The number of rotatable bonds is 5. The minimum atomic E-state index is -1.82. The van der Waals surface area contributed by atoms with Gasteiger partial charge in [0.05, 0.1) is 0 Å². The molecule has 2 N–H and O–H groups in total. The second-order valence-corrected chi connectivity index (χ2v) is 6.71. The predicted molar refractivity (Wildman–Crippen MR) is 104 cm³/mol. The Balaban J connectivity index is 0.000000380. The lowest BCUT2D eigenvalue weighted by Crippen LogP contribution is -2.36. The number of ether oxygens (including phenoxy) is 1. The lowest BCUT2D eigenvalue weighted by molar-refractivity contribution is -0.159. The van der Waals surface area contributed by atoms with Gasteiger partial charge in [-0.05, 0) is 31.3 Å². The lowest BCUT2D eigenvalue weighted by Gasteiger charge is -2.31. The highest BCUT2D eigenvalue weighted by atomic mass is 16.5. The van der Waals surface area contributed by atoms with Crippen LogP contribution in [0, 0.1) is 0 Å². The van der Waals surface area contributed by atoms with Crippen LogP contribution < -0.4 is 4.74 Å². The minimum Gasteiger partial charge on any atom is -0.492 e. The van der Waals surface area contributed by atoms with Crippen LogP contribution >= 0.6 is 0 Å². The summed E-state index contributed by atoms with van der Waals surface area (Å²) >= 11 is 0. The van der Waals surface area contributed by atoms with E-state index in [1.807, 2.05) is 0 Å². The molecule has 3 rings (SSSR count). The Labute approximate surface area is 159 Å². The molecule has 27 heavy (non-hydrogen) atoms. The van der Waals surface area contributed by atoms with E-state index in [-0.39, 0.29) is 0 Å². The Morgan fingerprint density at radius 2 is 1.63 bits per heavy atom. The van der Waals surface area contributed by atoms with Crippen LogP contribution in [0.1, 0.15) is 32.1 Å². The maximum Gasteiger partial charge on any atom is 0.414 e. The number of likely N-dealkylation sites (N-methyl/N-ethyl adjacent to an activating group) is 1. The Bertz CT molecular complexity index is 738. The first kappa shape index (κ1) is 20.7. The Morgan fingerprint density at radius 1 is 1.00 bits per heavy atom. The third-order valence-electron chi connectivity index (χ3n) is 4.83. The van der Waals surface area contributed by atoms with Crippen LogP contribution in [-0.2, 0) is 9.59 Å². The Kier molecular flexibility index (Phi) is 8.07. The van der Waals surface area contributed by atoms with E-state index in [0.717, 1.165) is 24.9 Å². The summed E-state index contributed by atoms with van der Waals surface area (Å²) in [5.74, 6) is -2.64. The van der Waals surface area contributed by atoms with Crippen LogP contribution in [0.2, 0.25) is 0 Å². The van der Waals surface area contributed by atoms with Gasteiger partial charge in [-0.25, -0.2) is 9.59 Å². The highest BCUT2D eigenvalue weighted by Crippen LogP contribution is 2.25. The fraction of sp³-hybridized carbons (Fsp3) is 0.429. The van der Waals surface area contributed by atoms with Crippen LogP contribution in [0.15, 0.2) is 42.5 Å². The molecule has 0 saturated heterocycles. The smallest absolute Gasteiger partial charge is 0.414 e. The highest BCUT2D eigenvalue weighted by Gasteiger charge is 2.17. The fourth-order valence-electron chi connectivity index (χ4n) is 3.33. The molecule has 0 unspecified atom stereocenters. The van der Waals surface area contributed by atoms with E-state index < -0.39 is 11.9 Å². The number of carboxylic acids is 2. The van der Waals surface area contributed by atoms with Crippen molar-refractivity contribution >= 4 is 22.7 Å². The summed E-state index contributed by atoms with van der Waals surface area (Å²) in [5, 5.41) is 17.2. The summed E-state index contributed by atoms with van der Waals surface area (Å²) in [6, 6.07) is 15.5. The van der Waals surface area contributed by atoms with Crippen molar-refractivity contribution in [1.82, 2.24) is 4.90 Å². The predicted octanol–water partition coefficient (Wildman–Crippen LogP) is 3.64. The molecule has 1 saturated carbocycles. The average Bonchev–Trinajstić information content (AvgIpc) is 2.69. The summed E-state index contributed by atoms with van der Waals surface area (Å²) in [6.45, 7) is 1.77. The number of hydrogen-bond donors (Lipinski definition) is 2. The molecule has 6 heteroatoms. The molecule has 6 nitrogen and oxygen atoms in total. The van der Waals surface area contributed by atoms with Crippen LogP contribution in [0.25, 0.3) is 10.8 Å². The molecule has 2 aromatic carbocycles. The molecule has 0 heterocycles. The van der Waals surface area contributed by atoms with Gasteiger partial charge in [-0.2, -0.15) is 0 Å². The number of carboxylic acid groups (broad SMARTS) is 2. The van der Waals surface area contributed by atoms with Crippen LogP contribution in [0.4, 0.5) is 0 Å². The van der Waals surface area contributed by atoms with Crippen molar-refractivity contribution in [2.45, 2.75) is 38.1 Å². The number of fused-ring (bicyclic) bond motifs is 1. The molecule has 0 aromatic heterocycles. The van der Waals surface area contributed by atoms with E-state index in [1.165, 1.54) is 42.9 Å². The normalized spacial score (nSPS) is 14.4. The quantitative estimate of drug-likeness (QED) is 0.778. The zero-order chi connectivity index (χ0) is 19.6. The molecule has 146 valence electrons. The fourth-order valence-corrected chi connectivity index (χ4v) is 3.33. The van der Waals surface area contributed by atoms with Gasteiger partial charge in [0.15, 0.2) is 0 Å². The van der Waals surface area contributed by atoms with Gasteiger partial charge in [-0.1, -0.05) is 55.7 Å². The highest BCUT2D eigenvalue weighted by molar-refractivity contribution is 6.27. The van der Waals surface area contributed by atoms with E-state index >= 15 is 0 Å². The molecule has 0 radical (unpaired) electrons. The summed E-state index contributed by atoms with van der Waals surface area (Å²) in [6.07, 6.45) is 6.89. The molecule has 2 aromatic rings. The van der Waals surface area contributed by atoms with E-state index in [9.17, 15) is 0 Å². The van der Waals surface area contributed by atoms with E-state index in [2.05, 4.69) is 54.4 Å². The topological polar surface area (TPSA) is 87.1 Å². The van der Waals surface area contributed by atoms with Crippen molar-refractivity contribution in [2.75, 3.05) is 20.2 Å². The van der Waals surface area contributed by atoms with Gasteiger partial charge in [-0.15, -0.1) is 0 Å². The average molecular weight is 373 g/mol. The number of benzene rings is 2. The number of nitrogens with zero attached hydrogens (tertiary/aromatic N) is 1. The lowest BCUT2D eigenvalue weighted by atomic mass is 9.94. The van der Waals surface area contributed by atoms with Crippen molar-refractivity contribution in [3.05, 3.63) is 42.5 Å². The third-order valence-corrected chi connectivity index (χ3v) is 4.83. The van der Waals surface area contributed by atoms with Gasteiger partial charge in [0.25, 0.3) is 0 Å². The number of carbonyl (C=O) groups is 2. The zero-order valence-electron chi connectivity index (χ0n) is 15.6. The largest absolute Gasteiger partial charge is 0.492 e. The van der Waals surface area contributed by atoms with Gasteiger partial charge in [0, 0.05) is 18.0 Å². The first-order valence-electron chi connectivity index (χ1n) is 9.26. The summed E-state index contributed by atoms with van der Waals surface area (Å²) in [5.41, 5.74) is 0. The molecule has 1 aliphatic carbocycles. The summed E-state index contributed by atoms with van der Waals surface area (Å²) in [4.78, 5) is 20.7. The van der Waals surface area contributed by atoms with E-state index in [4.69, 9.17) is 24.5 Å². The van der Waals surface area contributed by atoms with Crippen molar-refractivity contribution in [1.29, 1.82) is 0 Å². The molecule has 0 spiro atoms. The SMILES string of the molecule is CN(CCOc1cccc2ccccc12)C1CCCCC1.O=C(O)C(=O)O. The van der Waals surface area contributed by atoms with Gasteiger partial charge in [-0.3, -0.25) is 0 Å². The first-order valence-corrected chi connectivity index (χ1v) is 9.26. The maximum atomic E-state index is 9.10. The number of hydrogen-bond acceptors (Lipinski definition) is 4. The Morgan fingerprint density at radius 3 is 2.30 bits per heavy atom. The Hall–Kier alpha value is -2.60. The van der Waals surface area contributed by atoms with Crippen molar-refractivity contribution in [3.63, 3.8) is 0 Å².